The Morgan fingerprint density at radius 3 is 2.68 bits per heavy atom. The zero-order chi connectivity index (χ0) is 17.2. The number of nitrogens with zero attached hydrogens (tertiary/aromatic N) is 1. The number of methoxy groups -OCH3 is 1. The summed E-state index contributed by atoms with van der Waals surface area (Å²) < 4.78 is 24.9. The normalized spacial score (nSPS) is 34.9. The first kappa shape index (κ1) is 15.8. The third-order valence-corrected chi connectivity index (χ3v) is 7.06. The molecule has 1 saturated carbocycles. The first-order valence-electron chi connectivity index (χ1n) is 9.32. The lowest BCUT2D eigenvalue weighted by Crippen LogP contribution is -2.45. The molecular weight excluding hydrogens is 321 g/mol. The number of fused-ring (bicyclic) bond motifs is 3. The molecule has 0 radical (unpaired) electrons. The molecule has 0 N–H and O–H groups in total. The Balaban J connectivity index is 1.33. The summed E-state index contributed by atoms with van der Waals surface area (Å²) in [7, 11) is 1.73. The molecular formula is C20H24FNO3. The van der Waals surface area contributed by atoms with Crippen molar-refractivity contribution >= 4 is 5.91 Å². The van der Waals surface area contributed by atoms with Gasteiger partial charge in [0.2, 0.25) is 5.91 Å². The van der Waals surface area contributed by atoms with Crippen LogP contribution in [-0.4, -0.2) is 44.2 Å². The molecule has 2 unspecified atom stereocenters. The van der Waals surface area contributed by atoms with Gasteiger partial charge in [-0.25, -0.2) is 4.39 Å². The second-order valence-electron chi connectivity index (χ2n) is 8.16. The predicted molar refractivity (Wildman–Crippen MR) is 89.5 cm³/mol. The van der Waals surface area contributed by atoms with Crippen molar-refractivity contribution < 1.29 is 18.7 Å². The van der Waals surface area contributed by atoms with Crippen LogP contribution in [0, 0.1) is 23.6 Å². The van der Waals surface area contributed by atoms with E-state index in [1.54, 1.807) is 13.2 Å². The number of likely N-dealkylation sites (tertiary alicyclic amines) is 1. The zero-order valence-corrected chi connectivity index (χ0v) is 14.5. The molecule has 1 aromatic carbocycles. The van der Waals surface area contributed by atoms with E-state index in [9.17, 15) is 9.18 Å². The molecule has 1 spiro atoms. The predicted octanol–water partition coefficient (Wildman–Crippen LogP) is 2.67. The van der Waals surface area contributed by atoms with E-state index < -0.39 is 0 Å². The Morgan fingerprint density at radius 1 is 1.28 bits per heavy atom. The summed E-state index contributed by atoms with van der Waals surface area (Å²) in [4.78, 5) is 14.8. The SMILES string of the molecule is COC1CC2(CCN(C(=O)C3[C@H]4COC[C@@H]34)CC2)c2cc(F)ccc21. The molecule has 0 aromatic heterocycles. The molecule has 1 aromatic rings. The van der Waals surface area contributed by atoms with Crippen molar-refractivity contribution in [3.8, 4) is 0 Å². The molecule has 0 bridgehead atoms. The Hall–Kier alpha value is -1.46. The molecule has 2 saturated heterocycles. The number of amides is 1. The van der Waals surface area contributed by atoms with Crippen LogP contribution in [0.5, 0.6) is 0 Å². The molecule has 2 aliphatic heterocycles. The van der Waals surface area contributed by atoms with Crippen LogP contribution >= 0.6 is 0 Å². The lowest BCUT2D eigenvalue weighted by molar-refractivity contribution is -0.135. The maximum atomic E-state index is 13.9. The minimum Gasteiger partial charge on any atom is -0.381 e. The lowest BCUT2D eigenvalue weighted by Gasteiger charge is -2.40. The van der Waals surface area contributed by atoms with E-state index in [0.717, 1.165) is 56.7 Å². The second kappa shape index (κ2) is 5.52. The molecule has 134 valence electrons. The van der Waals surface area contributed by atoms with Crippen molar-refractivity contribution in [3.05, 3.63) is 35.1 Å². The number of ether oxygens (including phenoxy) is 2. The summed E-state index contributed by atoms with van der Waals surface area (Å²) in [5, 5.41) is 0. The summed E-state index contributed by atoms with van der Waals surface area (Å²) in [5.74, 6) is 1.25. The van der Waals surface area contributed by atoms with E-state index in [2.05, 4.69) is 0 Å². The van der Waals surface area contributed by atoms with Crippen LogP contribution < -0.4 is 0 Å². The van der Waals surface area contributed by atoms with Crippen molar-refractivity contribution in [3.63, 3.8) is 0 Å². The number of hydrogen-bond donors (Lipinski definition) is 0. The minimum absolute atomic E-state index is 0.0396. The summed E-state index contributed by atoms with van der Waals surface area (Å²) in [6.45, 7) is 3.03. The fraction of sp³-hybridized carbons (Fsp3) is 0.650. The van der Waals surface area contributed by atoms with Gasteiger partial charge in [0.15, 0.2) is 0 Å². The van der Waals surface area contributed by atoms with E-state index in [1.165, 1.54) is 6.07 Å². The fourth-order valence-corrected chi connectivity index (χ4v) is 5.50. The van der Waals surface area contributed by atoms with Crippen molar-refractivity contribution in [1.29, 1.82) is 0 Å². The highest BCUT2D eigenvalue weighted by molar-refractivity contribution is 5.82. The van der Waals surface area contributed by atoms with Crippen LogP contribution in [-0.2, 0) is 19.7 Å². The smallest absolute Gasteiger partial charge is 0.226 e. The Kier molecular flexibility index (Phi) is 3.48. The average Bonchev–Trinajstić information content (AvgIpc) is 2.97. The molecule has 3 fully saturated rings. The van der Waals surface area contributed by atoms with Gasteiger partial charge < -0.3 is 14.4 Å². The molecule has 5 heteroatoms. The van der Waals surface area contributed by atoms with E-state index >= 15 is 0 Å². The highest BCUT2D eigenvalue weighted by Gasteiger charge is 2.59. The monoisotopic (exact) mass is 345 g/mol. The van der Waals surface area contributed by atoms with Crippen LogP contribution in [0.2, 0.25) is 0 Å². The number of carbonyl (C=O) groups excluding carboxylic acids is 1. The molecule has 4 nitrogen and oxygen atoms in total. The maximum absolute atomic E-state index is 13.9. The first-order valence-corrected chi connectivity index (χ1v) is 9.32. The Labute approximate surface area is 147 Å². The largest absolute Gasteiger partial charge is 0.381 e. The van der Waals surface area contributed by atoms with Gasteiger partial charge in [0.05, 0.1) is 19.3 Å². The Bertz CT molecular complexity index is 703. The number of piperidine rings is 1. The number of hydrogen-bond acceptors (Lipinski definition) is 3. The maximum Gasteiger partial charge on any atom is 0.226 e. The van der Waals surface area contributed by atoms with Crippen molar-refractivity contribution in [2.45, 2.75) is 30.8 Å². The number of rotatable bonds is 2. The third kappa shape index (κ3) is 2.28. The van der Waals surface area contributed by atoms with Crippen molar-refractivity contribution in [1.82, 2.24) is 4.90 Å². The van der Waals surface area contributed by atoms with Gasteiger partial charge in [-0.15, -0.1) is 0 Å². The van der Waals surface area contributed by atoms with Crippen LogP contribution in [0.3, 0.4) is 0 Å². The highest BCUT2D eigenvalue weighted by Crippen LogP contribution is 2.54. The van der Waals surface area contributed by atoms with Gasteiger partial charge in [-0.3, -0.25) is 4.79 Å². The van der Waals surface area contributed by atoms with E-state index in [1.807, 2.05) is 11.0 Å². The van der Waals surface area contributed by atoms with E-state index in [4.69, 9.17) is 9.47 Å². The number of halogens is 1. The standard InChI is InChI=1S/C20H24FNO3/c1-24-17-9-20(16-8-12(21)2-3-13(16)17)4-6-22(7-5-20)19(23)18-14-10-25-11-15(14)18/h2-3,8,14-15,17-18H,4-7,9-11H2,1H3/t14-,15+,17?,18?. The van der Waals surface area contributed by atoms with Crippen molar-refractivity contribution in [2.24, 2.45) is 17.8 Å². The summed E-state index contributed by atoms with van der Waals surface area (Å²) in [5.41, 5.74) is 2.18. The van der Waals surface area contributed by atoms with Crippen LogP contribution in [0.4, 0.5) is 4.39 Å². The molecule has 2 heterocycles. The van der Waals surface area contributed by atoms with Gasteiger partial charge >= 0.3 is 0 Å². The van der Waals surface area contributed by atoms with Crippen LogP contribution in [0.15, 0.2) is 18.2 Å². The quantitative estimate of drug-likeness (QED) is 0.827. The summed E-state index contributed by atoms with van der Waals surface area (Å²) >= 11 is 0. The molecule has 4 aliphatic rings. The minimum atomic E-state index is -0.181. The summed E-state index contributed by atoms with van der Waals surface area (Å²) in [6, 6.07) is 5.08. The molecule has 25 heavy (non-hydrogen) atoms. The first-order chi connectivity index (χ1) is 12.1. The molecule has 5 rings (SSSR count). The highest BCUT2D eigenvalue weighted by atomic mass is 19.1. The van der Waals surface area contributed by atoms with Gasteiger partial charge in [-0.05, 0) is 54.4 Å². The van der Waals surface area contributed by atoms with Crippen molar-refractivity contribution in [2.75, 3.05) is 33.4 Å². The topological polar surface area (TPSA) is 38.8 Å². The molecule has 2 aliphatic carbocycles. The fourth-order valence-electron chi connectivity index (χ4n) is 5.50. The van der Waals surface area contributed by atoms with Gasteiger partial charge in [-0.2, -0.15) is 0 Å². The van der Waals surface area contributed by atoms with Gasteiger partial charge in [0.1, 0.15) is 5.82 Å². The van der Waals surface area contributed by atoms with Crippen LogP contribution in [0.1, 0.15) is 36.5 Å². The van der Waals surface area contributed by atoms with E-state index in [0.29, 0.717) is 17.7 Å². The van der Waals surface area contributed by atoms with E-state index in [-0.39, 0.29) is 23.3 Å². The number of carbonyl (C=O) groups is 1. The second-order valence-corrected chi connectivity index (χ2v) is 8.16. The summed E-state index contributed by atoms with van der Waals surface area (Å²) in [6.07, 6.45) is 2.73. The zero-order valence-electron chi connectivity index (χ0n) is 14.5. The van der Waals surface area contributed by atoms with Gasteiger partial charge in [0.25, 0.3) is 0 Å². The average molecular weight is 345 g/mol. The molecule has 1 amide bonds. The molecule has 4 atom stereocenters. The van der Waals surface area contributed by atoms with Gasteiger partial charge in [0, 0.05) is 31.5 Å². The lowest BCUT2D eigenvalue weighted by atomic mass is 9.73. The van der Waals surface area contributed by atoms with Gasteiger partial charge in [-0.1, -0.05) is 6.07 Å². The van der Waals surface area contributed by atoms with Crippen LogP contribution in [0.25, 0.3) is 0 Å². The number of benzene rings is 1. The Morgan fingerprint density at radius 2 is 2.00 bits per heavy atom. The third-order valence-electron chi connectivity index (χ3n) is 7.06.